The van der Waals surface area contributed by atoms with E-state index < -0.39 is 11.9 Å². The quantitative estimate of drug-likeness (QED) is 0.745. The van der Waals surface area contributed by atoms with Gasteiger partial charge in [-0.1, -0.05) is 12.1 Å². The summed E-state index contributed by atoms with van der Waals surface area (Å²) < 4.78 is 23.8. The molecule has 1 heterocycles. The monoisotopic (exact) mass is 256 g/mol. The number of halogens is 1. The van der Waals surface area contributed by atoms with Gasteiger partial charge in [-0.05, 0) is 12.1 Å². The molecular formula is C13H19FNO3+. The zero-order chi connectivity index (χ0) is 12.8. The van der Waals surface area contributed by atoms with Crippen LogP contribution in [0.25, 0.3) is 0 Å². The van der Waals surface area contributed by atoms with Gasteiger partial charge in [0.15, 0.2) is 11.6 Å². The molecule has 5 heteroatoms. The third-order valence-corrected chi connectivity index (χ3v) is 2.99. The van der Waals surface area contributed by atoms with Crippen molar-refractivity contribution in [3.8, 4) is 5.75 Å². The maximum atomic E-state index is 13.3. The molecule has 0 aliphatic carbocycles. The van der Waals surface area contributed by atoms with Crippen LogP contribution in [0.4, 0.5) is 4.39 Å². The number of quaternary nitrogens is 1. The molecule has 18 heavy (non-hydrogen) atoms. The Morgan fingerprint density at radius 2 is 2.06 bits per heavy atom. The first-order valence-corrected chi connectivity index (χ1v) is 6.22. The van der Waals surface area contributed by atoms with E-state index in [2.05, 4.69) is 0 Å². The summed E-state index contributed by atoms with van der Waals surface area (Å²) >= 11 is 0. The van der Waals surface area contributed by atoms with Crippen molar-refractivity contribution in [3.63, 3.8) is 0 Å². The Bertz CT molecular complexity index is 369. The first kappa shape index (κ1) is 13.3. The van der Waals surface area contributed by atoms with Crippen molar-refractivity contribution in [1.82, 2.24) is 0 Å². The number of para-hydroxylation sites is 1. The van der Waals surface area contributed by atoms with Crippen molar-refractivity contribution in [2.45, 2.75) is 6.10 Å². The van der Waals surface area contributed by atoms with Crippen molar-refractivity contribution in [2.24, 2.45) is 0 Å². The molecule has 1 saturated heterocycles. The molecule has 1 aliphatic heterocycles. The summed E-state index contributed by atoms with van der Waals surface area (Å²) in [6.45, 7) is 3.99. The van der Waals surface area contributed by atoms with E-state index in [1.54, 1.807) is 18.2 Å². The molecule has 1 aliphatic rings. The number of aliphatic hydroxyl groups is 1. The number of benzene rings is 1. The third kappa shape index (κ3) is 3.94. The van der Waals surface area contributed by atoms with Crippen LogP contribution in [0.3, 0.4) is 0 Å². The van der Waals surface area contributed by atoms with Crippen molar-refractivity contribution >= 4 is 0 Å². The summed E-state index contributed by atoms with van der Waals surface area (Å²) in [5.41, 5.74) is 0. The Morgan fingerprint density at radius 3 is 2.78 bits per heavy atom. The summed E-state index contributed by atoms with van der Waals surface area (Å²) in [6.07, 6.45) is -0.585. The Balaban J connectivity index is 1.74. The molecule has 0 saturated carbocycles. The predicted octanol–water partition coefficient (Wildman–Crippen LogP) is -0.519. The SMILES string of the molecule is O[C@H](COc1ccccc1F)C[NH+]1CCOCC1. The molecule has 1 fully saturated rings. The van der Waals surface area contributed by atoms with Crippen LogP contribution in [0.2, 0.25) is 0 Å². The average molecular weight is 256 g/mol. The lowest BCUT2D eigenvalue weighted by Crippen LogP contribution is -3.15. The van der Waals surface area contributed by atoms with E-state index >= 15 is 0 Å². The molecule has 1 aromatic rings. The van der Waals surface area contributed by atoms with Gasteiger partial charge in [0, 0.05) is 0 Å². The van der Waals surface area contributed by atoms with Gasteiger partial charge < -0.3 is 19.5 Å². The molecule has 0 bridgehead atoms. The summed E-state index contributed by atoms with van der Waals surface area (Å²) in [5, 5.41) is 9.84. The minimum absolute atomic E-state index is 0.116. The van der Waals surface area contributed by atoms with Gasteiger partial charge in [0.1, 0.15) is 32.3 Å². The summed E-state index contributed by atoms with van der Waals surface area (Å²) in [6, 6.07) is 6.22. The molecule has 4 nitrogen and oxygen atoms in total. The van der Waals surface area contributed by atoms with Gasteiger partial charge in [0.05, 0.1) is 13.2 Å². The van der Waals surface area contributed by atoms with Gasteiger partial charge in [0.2, 0.25) is 0 Å². The molecule has 0 unspecified atom stereocenters. The number of ether oxygens (including phenoxy) is 2. The average Bonchev–Trinajstić information content (AvgIpc) is 2.39. The maximum Gasteiger partial charge on any atom is 0.165 e. The van der Waals surface area contributed by atoms with E-state index in [0.717, 1.165) is 26.3 Å². The highest BCUT2D eigenvalue weighted by Crippen LogP contribution is 2.15. The normalized spacial score (nSPS) is 18.6. The van der Waals surface area contributed by atoms with Crippen LogP contribution < -0.4 is 9.64 Å². The highest BCUT2D eigenvalue weighted by atomic mass is 19.1. The topological polar surface area (TPSA) is 43.1 Å². The van der Waals surface area contributed by atoms with Crippen LogP contribution in [0.1, 0.15) is 0 Å². The van der Waals surface area contributed by atoms with Gasteiger partial charge >= 0.3 is 0 Å². The summed E-state index contributed by atoms with van der Waals surface area (Å²) in [5.74, 6) is -0.211. The van der Waals surface area contributed by atoms with Crippen molar-refractivity contribution in [2.75, 3.05) is 39.5 Å². The molecule has 2 rings (SSSR count). The number of nitrogens with one attached hydrogen (secondary N) is 1. The fraction of sp³-hybridized carbons (Fsp3) is 0.538. The molecule has 2 N–H and O–H groups in total. The van der Waals surface area contributed by atoms with Crippen LogP contribution in [0.15, 0.2) is 24.3 Å². The number of aliphatic hydroxyl groups excluding tert-OH is 1. The summed E-state index contributed by atoms with van der Waals surface area (Å²) in [4.78, 5) is 1.30. The van der Waals surface area contributed by atoms with Crippen molar-refractivity contribution in [3.05, 3.63) is 30.1 Å². The number of rotatable bonds is 5. The molecule has 0 spiro atoms. The molecule has 1 aromatic carbocycles. The zero-order valence-electron chi connectivity index (χ0n) is 10.3. The molecule has 1 atom stereocenters. The van der Waals surface area contributed by atoms with E-state index in [4.69, 9.17) is 9.47 Å². The Kier molecular flexibility index (Phi) is 4.92. The van der Waals surface area contributed by atoms with Gasteiger partial charge in [0.25, 0.3) is 0 Å². The molecule has 0 aromatic heterocycles. The lowest BCUT2D eigenvalue weighted by atomic mass is 10.3. The molecule has 0 amide bonds. The van der Waals surface area contributed by atoms with E-state index in [9.17, 15) is 9.50 Å². The fourth-order valence-corrected chi connectivity index (χ4v) is 2.00. The molecule has 100 valence electrons. The number of hydrogen-bond donors (Lipinski definition) is 2. The van der Waals surface area contributed by atoms with Crippen molar-refractivity contribution in [1.29, 1.82) is 0 Å². The smallest absolute Gasteiger partial charge is 0.165 e. The van der Waals surface area contributed by atoms with Crippen LogP contribution in [-0.2, 0) is 4.74 Å². The first-order valence-electron chi connectivity index (χ1n) is 6.22. The van der Waals surface area contributed by atoms with Crippen LogP contribution in [0.5, 0.6) is 5.75 Å². The lowest BCUT2D eigenvalue weighted by molar-refractivity contribution is -0.911. The van der Waals surface area contributed by atoms with E-state index in [1.165, 1.54) is 11.0 Å². The number of morpholine rings is 1. The third-order valence-electron chi connectivity index (χ3n) is 2.99. The Morgan fingerprint density at radius 1 is 1.33 bits per heavy atom. The second-order valence-electron chi connectivity index (χ2n) is 4.46. The second-order valence-corrected chi connectivity index (χ2v) is 4.46. The van der Waals surface area contributed by atoms with E-state index in [-0.39, 0.29) is 12.4 Å². The standard InChI is InChI=1S/C13H18FNO3/c14-12-3-1-2-4-13(12)18-10-11(16)9-15-5-7-17-8-6-15/h1-4,11,16H,5-10H2/p+1/t11-/m0/s1. The minimum atomic E-state index is -0.585. The number of hydrogen-bond acceptors (Lipinski definition) is 3. The van der Waals surface area contributed by atoms with Gasteiger partial charge in [-0.15, -0.1) is 0 Å². The first-order chi connectivity index (χ1) is 8.75. The van der Waals surface area contributed by atoms with E-state index in [1.807, 2.05) is 0 Å². The summed E-state index contributed by atoms with van der Waals surface area (Å²) in [7, 11) is 0. The largest absolute Gasteiger partial charge is 0.488 e. The fourth-order valence-electron chi connectivity index (χ4n) is 2.00. The van der Waals surface area contributed by atoms with Crippen LogP contribution in [-0.4, -0.2) is 50.7 Å². The van der Waals surface area contributed by atoms with Gasteiger partial charge in [-0.3, -0.25) is 0 Å². The Hall–Kier alpha value is -1.17. The van der Waals surface area contributed by atoms with Crippen LogP contribution >= 0.6 is 0 Å². The predicted molar refractivity (Wildman–Crippen MR) is 64.3 cm³/mol. The highest BCUT2D eigenvalue weighted by molar-refractivity contribution is 5.23. The second kappa shape index (κ2) is 6.68. The zero-order valence-corrected chi connectivity index (χ0v) is 10.3. The highest BCUT2D eigenvalue weighted by Gasteiger charge is 2.18. The van der Waals surface area contributed by atoms with E-state index in [0.29, 0.717) is 6.54 Å². The minimum Gasteiger partial charge on any atom is -0.488 e. The van der Waals surface area contributed by atoms with Gasteiger partial charge in [-0.2, -0.15) is 0 Å². The maximum absolute atomic E-state index is 13.3. The Labute approximate surface area is 106 Å². The molecular weight excluding hydrogens is 237 g/mol. The molecule has 0 radical (unpaired) electrons. The van der Waals surface area contributed by atoms with Crippen LogP contribution in [0, 0.1) is 5.82 Å². The van der Waals surface area contributed by atoms with Gasteiger partial charge in [-0.25, -0.2) is 4.39 Å². The van der Waals surface area contributed by atoms with Crippen molar-refractivity contribution < 1.29 is 23.9 Å². The lowest BCUT2D eigenvalue weighted by Gasteiger charge is -2.25.